The van der Waals surface area contributed by atoms with Crippen LogP contribution in [0.15, 0.2) is 0 Å². The van der Waals surface area contributed by atoms with E-state index in [2.05, 4.69) is 10.2 Å². The lowest BCUT2D eigenvalue weighted by Gasteiger charge is -2.30. The van der Waals surface area contributed by atoms with Crippen molar-refractivity contribution in [3.63, 3.8) is 0 Å². The second-order valence-corrected chi connectivity index (χ2v) is 4.31. The fourth-order valence-electron chi connectivity index (χ4n) is 1.78. The van der Waals surface area contributed by atoms with Gasteiger partial charge in [-0.25, -0.2) is 0 Å². The number of rotatable bonds is 5. The molecule has 94 valence electrons. The smallest absolute Gasteiger partial charge is 0.324 e. The van der Waals surface area contributed by atoms with E-state index in [4.69, 9.17) is 9.47 Å². The summed E-state index contributed by atoms with van der Waals surface area (Å²) in [5.41, 5.74) is 0. The number of nitrogens with zero attached hydrogens (tertiary/aromatic N) is 1. The molecule has 0 aromatic carbocycles. The summed E-state index contributed by atoms with van der Waals surface area (Å²) in [6.45, 7) is 7.99. The molecule has 1 atom stereocenters. The molecular weight excluding hydrogens is 208 g/mol. The summed E-state index contributed by atoms with van der Waals surface area (Å²) in [5, 5.41) is 3.22. The van der Waals surface area contributed by atoms with Crippen LogP contribution < -0.4 is 5.32 Å². The number of carbonyl (C=O) groups excluding carboxylic acids is 1. The summed E-state index contributed by atoms with van der Waals surface area (Å²) in [5.74, 6) is -0.194. The van der Waals surface area contributed by atoms with Crippen molar-refractivity contribution in [2.75, 3.05) is 40.0 Å². The number of nitrogens with one attached hydrogen (secondary N) is 1. The summed E-state index contributed by atoms with van der Waals surface area (Å²) in [6, 6.07) is 0.0215. The number of hydrogen-bond acceptors (Lipinski definition) is 5. The van der Waals surface area contributed by atoms with Crippen LogP contribution in [0.25, 0.3) is 0 Å². The Bertz CT molecular complexity index is 215. The average Bonchev–Trinajstić information content (AvgIpc) is 2.28. The highest BCUT2D eigenvalue weighted by molar-refractivity contribution is 5.75. The second kappa shape index (κ2) is 6.83. The van der Waals surface area contributed by atoms with Gasteiger partial charge < -0.3 is 14.8 Å². The number of methoxy groups -OCH3 is 1. The number of morpholine rings is 1. The zero-order valence-corrected chi connectivity index (χ0v) is 10.4. The monoisotopic (exact) mass is 230 g/mol. The number of esters is 1. The molecule has 16 heavy (non-hydrogen) atoms. The molecule has 0 aromatic rings. The Labute approximate surface area is 97.1 Å². The predicted octanol–water partition coefficient (Wildman–Crippen LogP) is -0.142. The molecular formula is C11H22N2O3. The van der Waals surface area contributed by atoms with Gasteiger partial charge in [0.05, 0.1) is 20.3 Å². The maximum absolute atomic E-state index is 11.6. The molecule has 0 saturated carbocycles. The molecule has 1 heterocycles. The van der Waals surface area contributed by atoms with E-state index in [1.807, 2.05) is 13.8 Å². The van der Waals surface area contributed by atoms with Crippen LogP contribution in [0.5, 0.6) is 0 Å². The van der Waals surface area contributed by atoms with Gasteiger partial charge in [-0.15, -0.1) is 0 Å². The first-order chi connectivity index (χ1) is 7.63. The Morgan fingerprint density at radius 1 is 1.44 bits per heavy atom. The molecule has 0 aromatic heterocycles. The largest absolute Gasteiger partial charge is 0.468 e. The number of hydrogen-bond donors (Lipinski definition) is 1. The number of carbonyl (C=O) groups is 1. The molecule has 0 bridgehead atoms. The SMILES string of the molecule is COC(=O)C(CN1CCOCC1)NC(C)C. The first-order valence-corrected chi connectivity index (χ1v) is 5.77. The van der Waals surface area contributed by atoms with Crippen molar-refractivity contribution in [2.24, 2.45) is 0 Å². The van der Waals surface area contributed by atoms with E-state index in [0.29, 0.717) is 6.54 Å². The highest BCUT2D eigenvalue weighted by Gasteiger charge is 2.23. The fraction of sp³-hybridized carbons (Fsp3) is 0.909. The molecule has 1 N–H and O–H groups in total. The van der Waals surface area contributed by atoms with Gasteiger partial charge in [-0.3, -0.25) is 9.69 Å². The number of ether oxygens (including phenoxy) is 2. The molecule has 0 aliphatic carbocycles. The summed E-state index contributed by atoms with van der Waals surface area (Å²) < 4.78 is 10.1. The molecule has 1 saturated heterocycles. The first kappa shape index (κ1) is 13.4. The maximum Gasteiger partial charge on any atom is 0.324 e. The van der Waals surface area contributed by atoms with Gasteiger partial charge in [-0.05, 0) is 0 Å². The van der Waals surface area contributed by atoms with E-state index in [1.165, 1.54) is 7.11 Å². The van der Waals surface area contributed by atoms with E-state index in [9.17, 15) is 4.79 Å². The zero-order valence-electron chi connectivity index (χ0n) is 10.4. The van der Waals surface area contributed by atoms with Crippen molar-refractivity contribution < 1.29 is 14.3 Å². The van der Waals surface area contributed by atoms with Crippen LogP contribution in [-0.4, -0.2) is 62.9 Å². The van der Waals surface area contributed by atoms with Gasteiger partial charge in [0.25, 0.3) is 0 Å². The normalized spacial score (nSPS) is 19.8. The molecule has 0 spiro atoms. The average molecular weight is 230 g/mol. The van der Waals surface area contributed by atoms with E-state index in [0.717, 1.165) is 26.3 Å². The summed E-state index contributed by atoms with van der Waals surface area (Å²) in [4.78, 5) is 13.8. The summed E-state index contributed by atoms with van der Waals surface area (Å²) in [6.07, 6.45) is 0. The second-order valence-electron chi connectivity index (χ2n) is 4.31. The molecule has 1 fully saturated rings. The van der Waals surface area contributed by atoms with Crippen LogP contribution >= 0.6 is 0 Å². The third-order valence-corrected chi connectivity index (χ3v) is 2.56. The third kappa shape index (κ3) is 4.47. The van der Waals surface area contributed by atoms with E-state index in [-0.39, 0.29) is 18.1 Å². The highest BCUT2D eigenvalue weighted by atomic mass is 16.5. The summed E-state index contributed by atoms with van der Waals surface area (Å²) >= 11 is 0. The zero-order chi connectivity index (χ0) is 12.0. The summed E-state index contributed by atoms with van der Waals surface area (Å²) in [7, 11) is 1.43. The first-order valence-electron chi connectivity index (χ1n) is 5.77. The van der Waals surface area contributed by atoms with Crippen LogP contribution in [-0.2, 0) is 14.3 Å². The van der Waals surface area contributed by atoms with Crippen LogP contribution in [0.2, 0.25) is 0 Å². The molecule has 1 rings (SSSR count). The van der Waals surface area contributed by atoms with Crippen molar-refractivity contribution in [2.45, 2.75) is 25.9 Å². The van der Waals surface area contributed by atoms with Crippen molar-refractivity contribution in [1.29, 1.82) is 0 Å². The Morgan fingerprint density at radius 3 is 2.56 bits per heavy atom. The van der Waals surface area contributed by atoms with E-state index < -0.39 is 0 Å². The lowest BCUT2D eigenvalue weighted by Crippen LogP contribution is -2.51. The molecule has 1 aliphatic rings. The minimum absolute atomic E-state index is 0.194. The minimum atomic E-state index is -0.247. The van der Waals surface area contributed by atoms with Crippen LogP contribution in [0.3, 0.4) is 0 Å². The molecule has 0 radical (unpaired) electrons. The Morgan fingerprint density at radius 2 is 2.06 bits per heavy atom. The molecule has 1 aliphatic heterocycles. The third-order valence-electron chi connectivity index (χ3n) is 2.56. The van der Waals surface area contributed by atoms with Gasteiger partial charge in [-0.2, -0.15) is 0 Å². The van der Waals surface area contributed by atoms with Gasteiger partial charge in [0.2, 0.25) is 0 Å². The van der Waals surface area contributed by atoms with Crippen molar-refractivity contribution in [3.8, 4) is 0 Å². The minimum Gasteiger partial charge on any atom is -0.468 e. The van der Waals surface area contributed by atoms with Crippen LogP contribution in [0, 0.1) is 0 Å². The maximum atomic E-state index is 11.6. The van der Waals surface area contributed by atoms with Crippen LogP contribution in [0.4, 0.5) is 0 Å². The lowest BCUT2D eigenvalue weighted by molar-refractivity contribution is -0.144. The van der Waals surface area contributed by atoms with Gasteiger partial charge >= 0.3 is 5.97 Å². The van der Waals surface area contributed by atoms with E-state index in [1.54, 1.807) is 0 Å². The Balaban J connectivity index is 2.44. The van der Waals surface area contributed by atoms with Gasteiger partial charge in [0.1, 0.15) is 6.04 Å². The van der Waals surface area contributed by atoms with E-state index >= 15 is 0 Å². The predicted molar refractivity (Wildman–Crippen MR) is 61.3 cm³/mol. The van der Waals surface area contributed by atoms with Crippen molar-refractivity contribution in [1.82, 2.24) is 10.2 Å². The molecule has 0 amide bonds. The van der Waals surface area contributed by atoms with Gasteiger partial charge in [-0.1, -0.05) is 13.8 Å². The molecule has 1 unspecified atom stereocenters. The Hall–Kier alpha value is -0.650. The topological polar surface area (TPSA) is 50.8 Å². The molecule has 5 nitrogen and oxygen atoms in total. The fourth-order valence-corrected chi connectivity index (χ4v) is 1.78. The molecule has 5 heteroatoms. The van der Waals surface area contributed by atoms with Crippen molar-refractivity contribution in [3.05, 3.63) is 0 Å². The highest BCUT2D eigenvalue weighted by Crippen LogP contribution is 2.01. The van der Waals surface area contributed by atoms with Crippen LogP contribution in [0.1, 0.15) is 13.8 Å². The van der Waals surface area contributed by atoms with Gasteiger partial charge in [0, 0.05) is 25.7 Å². The van der Waals surface area contributed by atoms with Gasteiger partial charge in [0.15, 0.2) is 0 Å². The quantitative estimate of drug-likeness (QED) is 0.666. The lowest BCUT2D eigenvalue weighted by atomic mass is 10.2. The Kier molecular flexibility index (Phi) is 5.73. The standard InChI is InChI=1S/C11H22N2O3/c1-9(2)12-10(11(14)15-3)8-13-4-6-16-7-5-13/h9-10,12H,4-8H2,1-3H3. The van der Waals surface area contributed by atoms with Crippen molar-refractivity contribution >= 4 is 5.97 Å².